The molecule has 0 aliphatic carbocycles. The lowest BCUT2D eigenvalue weighted by Crippen LogP contribution is -2.48. The second-order valence-corrected chi connectivity index (χ2v) is 4.93. The number of halogens is 1. The lowest BCUT2D eigenvalue weighted by molar-refractivity contribution is 0.142. The standard InChI is InChI=1S/C10H13IN4O2/c1-7-8(11)9(13-6-12-7)14-2-4-15(5-3-14)10(16)17/h6H,2-5H2,1H3,(H,16,17). The first-order chi connectivity index (χ1) is 8.09. The van der Waals surface area contributed by atoms with Gasteiger partial charge in [-0.15, -0.1) is 0 Å². The van der Waals surface area contributed by atoms with Gasteiger partial charge in [-0.3, -0.25) is 0 Å². The van der Waals surface area contributed by atoms with E-state index in [1.54, 1.807) is 6.33 Å². The van der Waals surface area contributed by atoms with Gasteiger partial charge in [0.15, 0.2) is 0 Å². The van der Waals surface area contributed by atoms with E-state index in [9.17, 15) is 4.79 Å². The van der Waals surface area contributed by atoms with Crippen LogP contribution in [0.4, 0.5) is 10.6 Å². The van der Waals surface area contributed by atoms with Crippen LogP contribution in [0.5, 0.6) is 0 Å². The summed E-state index contributed by atoms with van der Waals surface area (Å²) >= 11 is 2.23. The summed E-state index contributed by atoms with van der Waals surface area (Å²) in [7, 11) is 0. The maximum absolute atomic E-state index is 10.8. The topological polar surface area (TPSA) is 69.6 Å². The van der Waals surface area contributed by atoms with E-state index in [0.717, 1.165) is 15.1 Å². The molecule has 1 aromatic heterocycles. The number of hydrogen-bond acceptors (Lipinski definition) is 4. The quantitative estimate of drug-likeness (QED) is 0.773. The smallest absolute Gasteiger partial charge is 0.407 e. The maximum atomic E-state index is 10.8. The number of nitrogens with zero attached hydrogens (tertiary/aromatic N) is 4. The third-order valence-corrected chi connectivity index (χ3v) is 4.06. The van der Waals surface area contributed by atoms with Crippen molar-refractivity contribution in [2.24, 2.45) is 0 Å². The van der Waals surface area contributed by atoms with Crippen molar-refractivity contribution >= 4 is 34.5 Å². The number of anilines is 1. The van der Waals surface area contributed by atoms with Crippen molar-refractivity contribution in [3.63, 3.8) is 0 Å². The number of carboxylic acid groups (broad SMARTS) is 1. The van der Waals surface area contributed by atoms with E-state index in [1.165, 1.54) is 4.90 Å². The second-order valence-electron chi connectivity index (χ2n) is 3.85. The Kier molecular flexibility index (Phi) is 3.65. The molecule has 1 amide bonds. The van der Waals surface area contributed by atoms with Crippen LogP contribution in [0.15, 0.2) is 6.33 Å². The van der Waals surface area contributed by atoms with E-state index in [-0.39, 0.29) is 0 Å². The first-order valence-corrected chi connectivity index (χ1v) is 6.37. The summed E-state index contributed by atoms with van der Waals surface area (Å²) in [6.07, 6.45) is 0.703. The minimum atomic E-state index is -0.849. The Labute approximate surface area is 113 Å². The minimum Gasteiger partial charge on any atom is -0.465 e. The van der Waals surface area contributed by atoms with E-state index in [0.29, 0.717) is 26.2 Å². The predicted octanol–water partition coefficient (Wildman–Crippen LogP) is 1.19. The Bertz CT molecular complexity index is 432. The monoisotopic (exact) mass is 348 g/mol. The van der Waals surface area contributed by atoms with Crippen LogP contribution in [-0.2, 0) is 0 Å². The van der Waals surface area contributed by atoms with E-state index in [4.69, 9.17) is 5.11 Å². The Hall–Kier alpha value is -1.12. The van der Waals surface area contributed by atoms with Crippen LogP contribution in [0.2, 0.25) is 0 Å². The molecule has 1 aliphatic rings. The first kappa shape index (κ1) is 12.3. The summed E-state index contributed by atoms with van der Waals surface area (Å²) in [6.45, 7) is 4.35. The van der Waals surface area contributed by atoms with Gasteiger partial charge < -0.3 is 14.9 Å². The maximum Gasteiger partial charge on any atom is 0.407 e. The molecule has 6 nitrogen and oxygen atoms in total. The number of carbonyl (C=O) groups is 1. The van der Waals surface area contributed by atoms with Crippen molar-refractivity contribution in [2.45, 2.75) is 6.92 Å². The molecule has 0 bridgehead atoms. The van der Waals surface area contributed by atoms with Crippen molar-refractivity contribution in [1.82, 2.24) is 14.9 Å². The molecule has 0 atom stereocenters. The van der Waals surface area contributed by atoms with E-state index in [2.05, 4.69) is 37.5 Å². The SMILES string of the molecule is Cc1ncnc(N2CCN(C(=O)O)CC2)c1I. The number of rotatable bonds is 1. The van der Waals surface area contributed by atoms with Gasteiger partial charge in [-0.05, 0) is 29.5 Å². The lowest BCUT2D eigenvalue weighted by atomic mass is 10.3. The third-order valence-electron chi connectivity index (χ3n) is 2.80. The van der Waals surface area contributed by atoms with Crippen molar-refractivity contribution in [3.05, 3.63) is 15.6 Å². The zero-order chi connectivity index (χ0) is 12.4. The summed E-state index contributed by atoms with van der Waals surface area (Å²) in [5, 5.41) is 8.87. The van der Waals surface area contributed by atoms with E-state index < -0.39 is 6.09 Å². The van der Waals surface area contributed by atoms with Gasteiger partial charge in [-0.2, -0.15) is 0 Å². The average Bonchev–Trinajstić information content (AvgIpc) is 2.33. The molecule has 0 spiro atoms. The predicted molar refractivity (Wildman–Crippen MR) is 71.3 cm³/mol. The highest BCUT2D eigenvalue weighted by molar-refractivity contribution is 14.1. The molecule has 1 saturated heterocycles. The fourth-order valence-corrected chi connectivity index (χ4v) is 2.39. The third kappa shape index (κ3) is 2.59. The number of aromatic nitrogens is 2. The van der Waals surface area contributed by atoms with Gasteiger partial charge in [0.1, 0.15) is 12.1 Å². The second kappa shape index (κ2) is 5.03. The van der Waals surface area contributed by atoms with Gasteiger partial charge >= 0.3 is 6.09 Å². The fourth-order valence-electron chi connectivity index (χ4n) is 1.78. The summed E-state index contributed by atoms with van der Waals surface area (Å²) in [5.74, 6) is 0.906. The molecule has 0 unspecified atom stereocenters. The highest BCUT2D eigenvalue weighted by Gasteiger charge is 2.22. The Balaban J connectivity index is 2.10. The van der Waals surface area contributed by atoms with Crippen molar-refractivity contribution in [1.29, 1.82) is 0 Å². The Morgan fingerprint density at radius 3 is 2.59 bits per heavy atom. The van der Waals surface area contributed by atoms with Crippen LogP contribution in [0.25, 0.3) is 0 Å². The van der Waals surface area contributed by atoms with Crippen molar-refractivity contribution < 1.29 is 9.90 Å². The molecular weight excluding hydrogens is 335 g/mol. The minimum absolute atomic E-state index is 0.522. The molecule has 0 radical (unpaired) electrons. The molecule has 7 heteroatoms. The molecule has 92 valence electrons. The molecule has 2 rings (SSSR count). The van der Waals surface area contributed by atoms with E-state index in [1.807, 2.05) is 6.92 Å². The largest absolute Gasteiger partial charge is 0.465 e. The highest BCUT2D eigenvalue weighted by atomic mass is 127. The van der Waals surface area contributed by atoms with Gasteiger partial charge in [-0.1, -0.05) is 0 Å². The molecule has 1 aromatic rings. The van der Waals surface area contributed by atoms with Gasteiger partial charge in [0.2, 0.25) is 0 Å². The van der Waals surface area contributed by atoms with E-state index >= 15 is 0 Å². The van der Waals surface area contributed by atoms with Crippen LogP contribution in [0, 0.1) is 10.5 Å². The highest BCUT2D eigenvalue weighted by Crippen LogP contribution is 2.22. The fraction of sp³-hybridized carbons (Fsp3) is 0.500. The Morgan fingerprint density at radius 1 is 1.35 bits per heavy atom. The molecule has 1 N–H and O–H groups in total. The lowest BCUT2D eigenvalue weighted by Gasteiger charge is -2.34. The summed E-state index contributed by atoms with van der Waals surface area (Å²) in [4.78, 5) is 22.7. The van der Waals surface area contributed by atoms with Crippen LogP contribution in [-0.4, -0.2) is 52.2 Å². The number of aryl methyl sites for hydroxylation is 1. The van der Waals surface area contributed by atoms with Gasteiger partial charge in [0, 0.05) is 26.2 Å². The van der Waals surface area contributed by atoms with Crippen LogP contribution in [0.3, 0.4) is 0 Å². The molecule has 0 saturated carbocycles. The molecular formula is C10H13IN4O2. The van der Waals surface area contributed by atoms with Gasteiger partial charge in [-0.25, -0.2) is 14.8 Å². The van der Waals surface area contributed by atoms with Crippen molar-refractivity contribution in [2.75, 3.05) is 31.1 Å². The van der Waals surface area contributed by atoms with Gasteiger partial charge in [0.05, 0.1) is 9.26 Å². The molecule has 1 fully saturated rings. The Morgan fingerprint density at radius 2 is 2.00 bits per heavy atom. The first-order valence-electron chi connectivity index (χ1n) is 5.29. The van der Waals surface area contributed by atoms with Crippen LogP contribution in [0.1, 0.15) is 5.69 Å². The van der Waals surface area contributed by atoms with Crippen LogP contribution >= 0.6 is 22.6 Å². The molecule has 17 heavy (non-hydrogen) atoms. The molecule has 2 heterocycles. The summed E-state index contributed by atoms with van der Waals surface area (Å²) < 4.78 is 1.04. The average molecular weight is 348 g/mol. The number of amides is 1. The van der Waals surface area contributed by atoms with Crippen molar-refractivity contribution in [3.8, 4) is 0 Å². The number of hydrogen-bond donors (Lipinski definition) is 1. The van der Waals surface area contributed by atoms with Crippen LogP contribution < -0.4 is 4.90 Å². The summed E-state index contributed by atoms with van der Waals surface area (Å²) in [5.41, 5.74) is 0.955. The molecule has 1 aliphatic heterocycles. The zero-order valence-electron chi connectivity index (χ0n) is 9.43. The van der Waals surface area contributed by atoms with Gasteiger partial charge in [0.25, 0.3) is 0 Å². The number of piperazine rings is 1. The normalized spacial score (nSPS) is 16.1. The molecule has 0 aromatic carbocycles. The summed E-state index contributed by atoms with van der Waals surface area (Å²) in [6, 6.07) is 0. The zero-order valence-corrected chi connectivity index (χ0v) is 11.6.